The molecule has 0 radical (unpaired) electrons. The maximum atomic E-state index is 12.6. The average molecular weight is 484 g/mol. The highest BCUT2D eigenvalue weighted by Gasteiger charge is 2.21. The van der Waals surface area contributed by atoms with Crippen LogP contribution < -0.4 is 10.0 Å². The molecule has 0 atom stereocenters. The molecule has 0 aliphatic carbocycles. The molecule has 0 spiro atoms. The van der Waals surface area contributed by atoms with Crippen LogP contribution in [0, 0.1) is 10.1 Å². The molecule has 2 aromatic rings. The molecule has 0 amide bonds. The Labute approximate surface area is 194 Å². The van der Waals surface area contributed by atoms with E-state index >= 15 is 0 Å². The van der Waals surface area contributed by atoms with Gasteiger partial charge < -0.3 is 15.1 Å². The van der Waals surface area contributed by atoms with Crippen LogP contribution in [-0.2, 0) is 16.6 Å². The Kier molecular flexibility index (Phi) is 9.85. The molecule has 2 aromatic carbocycles. The van der Waals surface area contributed by atoms with Crippen molar-refractivity contribution in [3.05, 3.63) is 63.2 Å². The molecule has 0 saturated carbocycles. The lowest BCUT2D eigenvalue weighted by Gasteiger charge is -2.18. The van der Waals surface area contributed by atoms with E-state index in [-0.39, 0.29) is 22.8 Å². The van der Waals surface area contributed by atoms with Gasteiger partial charge in [-0.2, -0.15) is 0 Å². The third-order valence-electron chi connectivity index (χ3n) is 4.80. The van der Waals surface area contributed by atoms with E-state index in [0.717, 1.165) is 31.1 Å². The lowest BCUT2D eigenvalue weighted by atomic mass is 10.2. The van der Waals surface area contributed by atoms with Gasteiger partial charge in [0.2, 0.25) is 10.0 Å². The molecule has 0 heterocycles. The molecule has 0 aromatic heterocycles. The van der Waals surface area contributed by atoms with Crippen molar-refractivity contribution in [2.24, 2.45) is 0 Å². The van der Waals surface area contributed by atoms with Gasteiger partial charge >= 0.3 is 0 Å². The van der Waals surface area contributed by atoms with Crippen LogP contribution in [0.25, 0.3) is 0 Å². The zero-order valence-corrected chi connectivity index (χ0v) is 20.1. The summed E-state index contributed by atoms with van der Waals surface area (Å²) in [7, 11) is 2.07. The van der Waals surface area contributed by atoms with Gasteiger partial charge in [0.25, 0.3) is 5.69 Å². The van der Waals surface area contributed by atoms with Crippen molar-refractivity contribution in [1.82, 2.24) is 14.5 Å². The van der Waals surface area contributed by atoms with E-state index in [4.69, 9.17) is 11.6 Å². The number of hydrogen-bond acceptors (Lipinski definition) is 7. The topological polar surface area (TPSA) is 108 Å². The fourth-order valence-electron chi connectivity index (χ4n) is 3.00. The van der Waals surface area contributed by atoms with E-state index in [0.29, 0.717) is 18.1 Å². The number of likely N-dealkylation sites (N-methyl/N-ethyl adjacent to an activating group) is 1. The summed E-state index contributed by atoms with van der Waals surface area (Å²) in [6.45, 7) is 2.89. The molecule has 0 aliphatic rings. The predicted octanol–water partition coefficient (Wildman–Crippen LogP) is 3.02. The van der Waals surface area contributed by atoms with Crippen LogP contribution in [0.4, 0.5) is 11.4 Å². The molecule has 2 rings (SSSR count). The number of nitro benzene ring substituents is 1. The number of sulfonamides is 1. The molecule has 0 unspecified atom stereocenters. The Morgan fingerprint density at radius 2 is 1.72 bits per heavy atom. The first kappa shape index (κ1) is 26.0. The Bertz CT molecular complexity index is 1000. The van der Waals surface area contributed by atoms with E-state index in [1.807, 2.05) is 26.0 Å². The fraction of sp³-hybridized carbons (Fsp3) is 0.429. The molecular formula is C21H30ClN5O4S. The fourth-order valence-corrected chi connectivity index (χ4v) is 4.17. The minimum Gasteiger partial charge on any atom is -0.375 e. The average Bonchev–Trinajstić information content (AvgIpc) is 2.72. The second kappa shape index (κ2) is 12.1. The van der Waals surface area contributed by atoms with E-state index in [1.54, 1.807) is 24.3 Å². The quantitative estimate of drug-likeness (QED) is 0.333. The van der Waals surface area contributed by atoms with Gasteiger partial charge in [0.15, 0.2) is 0 Å². The highest BCUT2D eigenvalue weighted by molar-refractivity contribution is 7.89. The third-order valence-corrected chi connectivity index (χ3v) is 6.51. The zero-order chi connectivity index (χ0) is 23.7. The van der Waals surface area contributed by atoms with Crippen molar-refractivity contribution in [3.8, 4) is 0 Å². The second-order valence-corrected chi connectivity index (χ2v) is 9.98. The first-order valence-corrected chi connectivity index (χ1v) is 12.0. The molecule has 2 N–H and O–H groups in total. The normalized spacial score (nSPS) is 11.8. The number of nitrogens with one attached hydrogen (secondary N) is 2. The van der Waals surface area contributed by atoms with Crippen LogP contribution >= 0.6 is 11.6 Å². The van der Waals surface area contributed by atoms with Gasteiger partial charge in [-0.25, -0.2) is 13.1 Å². The monoisotopic (exact) mass is 483 g/mol. The highest BCUT2D eigenvalue weighted by atomic mass is 35.5. The van der Waals surface area contributed by atoms with E-state index in [2.05, 4.69) is 14.9 Å². The molecule has 0 fully saturated rings. The Hall–Kier alpha value is -2.24. The molecule has 32 heavy (non-hydrogen) atoms. The summed E-state index contributed by atoms with van der Waals surface area (Å²) in [6.07, 6.45) is 0.979. The Balaban J connectivity index is 2.00. The van der Waals surface area contributed by atoms with Crippen LogP contribution in [0.2, 0.25) is 5.02 Å². The Morgan fingerprint density at radius 1 is 1.03 bits per heavy atom. The first-order chi connectivity index (χ1) is 15.1. The van der Waals surface area contributed by atoms with Crippen LogP contribution in [0.15, 0.2) is 47.4 Å². The largest absolute Gasteiger partial charge is 0.375 e. The second-order valence-electron chi connectivity index (χ2n) is 7.77. The van der Waals surface area contributed by atoms with Crippen molar-refractivity contribution < 1.29 is 13.3 Å². The van der Waals surface area contributed by atoms with Crippen molar-refractivity contribution >= 4 is 33.0 Å². The number of nitrogens with zero attached hydrogens (tertiary/aromatic N) is 3. The van der Waals surface area contributed by atoms with Gasteiger partial charge in [0, 0.05) is 30.7 Å². The number of anilines is 1. The minimum atomic E-state index is -3.87. The number of rotatable bonds is 13. The SMILES string of the molecule is CN(C)CCCN(C)CCNS(=O)(=O)c1ccc(NCc2ccc(Cl)cc2)c([N+](=O)[O-])c1. The summed E-state index contributed by atoms with van der Waals surface area (Å²) < 4.78 is 27.8. The highest BCUT2D eigenvalue weighted by Crippen LogP contribution is 2.28. The molecule has 0 saturated heterocycles. The standard InChI is InChI=1S/C21H30ClN5O4S/c1-25(2)12-4-13-26(3)14-11-24-32(30,31)19-9-10-20(21(15-19)27(28)29)23-16-17-5-7-18(22)8-6-17/h5-10,15,23-24H,4,11-14,16H2,1-3H3. The van der Waals surface area contributed by atoms with Crippen molar-refractivity contribution in [3.63, 3.8) is 0 Å². The van der Waals surface area contributed by atoms with Gasteiger partial charge in [0.05, 0.1) is 9.82 Å². The van der Waals surface area contributed by atoms with Crippen molar-refractivity contribution in [2.75, 3.05) is 52.6 Å². The third kappa shape index (κ3) is 8.36. The first-order valence-electron chi connectivity index (χ1n) is 10.2. The number of halogens is 1. The summed E-state index contributed by atoms with van der Waals surface area (Å²) in [5.41, 5.74) is 0.823. The van der Waals surface area contributed by atoms with E-state index in [1.165, 1.54) is 12.1 Å². The van der Waals surface area contributed by atoms with Gasteiger partial charge in [-0.05, 0) is 70.5 Å². The molecule has 9 nitrogen and oxygen atoms in total. The van der Waals surface area contributed by atoms with Crippen LogP contribution in [-0.4, -0.2) is 70.5 Å². The summed E-state index contributed by atoms with van der Waals surface area (Å²) in [6, 6.07) is 10.9. The number of nitro groups is 1. The lowest BCUT2D eigenvalue weighted by Crippen LogP contribution is -2.34. The van der Waals surface area contributed by atoms with Crippen LogP contribution in [0.5, 0.6) is 0 Å². The molecular weight excluding hydrogens is 454 g/mol. The summed E-state index contributed by atoms with van der Waals surface area (Å²) in [5, 5.41) is 15.1. The molecule has 11 heteroatoms. The number of hydrogen-bond donors (Lipinski definition) is 2. The van der Waals surface area contributed by atoms with Crippen molar-refractivity contribution in [1.29, 1.82) is 0 Å². The zero-order valence-electron chi connectivity index (χ0n) is 18.5. The van der Waals surface area contributed by atoms with E-state index in [9.17, 15) is 18.5 Å². The van der Waals surface area contributed by atoms with Crippen molar-refractivity contribution in [2.45, 2.75) is 17.9 Å². The minimum absolute atomic E-state index is 0.142. The van der Waals surface area contributed by atoms with Crippen LogP contribution in [0.3, 0.4) is 0 Å². The summed E-state index contributed by atoms with van der Waals surface area (Å²) in [4.78, 5) is 14.9. The van der Waals surface area contributed by atoms with Crippen LogP contribution in [0.1, 0.15) is 12.0 Å². The smallest absolute Gasteiger partial charge is 0.293 e. The lowest BCUT2D eigenvalue weighted by molar-refractivity contribution is -0.384. The van der Waals surface area contributed by atoms with E-state index < -0.39 is 14.9 Å². The molecule has 176 valence electrons. The molecule has 0 bridgehead atoms. The number of benzene rings is 2. The predicted molar refractivity (Wildman–Crippen MR) is 128 cm³/mol. The maximum Gasteiger partial charge on any atom is 0.293 e. The Morgan fingerprint density at radius 3 is 2.34 bits per heavy atom. The van der Waals surface area contributed by atoms with Gasteiger partial charge in [-0.3, -0.25) is 10.1 Å². The summed E-state index contributed by atoms with van der Waals surface area (Å²) in [5.74, 6) is 0. The molecule has 0 aliphatic heterocycles. The van der Waals surface area contributed by atoms with Gasteiger partial charge in [-0.1, -0.05) is 23.7 Å². The van der Waals surface area contributed by atoms with Gasteiger partial charge in [0.1, 0.15) is 5.69 Å². The summed E-state index contributed by atoms with van der Waals surface area (Å²) >= 11 is 5.87. The van der Waals surface area contributed by atoms with Gasteiger partial charge in [-0.15, -0.1) is 0 Å². The maximum absolute atomic E-state index is 12.6.